The third-order valence-corrected chi connectivity index (χ3v) is 3.29. The quantitative estimate of drug-likeness (QED) is 0.865. The van der Waals surface area contributed by atoms with E-state index in [4.69, 9.17) is 16.2 Å². The average Bonchev–Trinajstić information content (AvgIpc) is 2.67. The number of aromatic nitrogens is 2. The van der Waals surface area contributed by atoms with Crippen LogP contribution in [-0.2, 0) is 11.3 Å². The van der Waals surface area contributed by atoms with Crippen LogP contribution >= 0.6 is 0 Å². The summed E-state index contributed by atoms with van der Waals surface area (Å²) in [4.78, 5) is 15.8. The van der Waals surface area contributed by atoms with Crippen LogP contribution in [0.5, 0.6) is 5.75 Å². The van der Waals surface area contributed by atoms with Gasteiger partial charge in [-0.25, -0.2) is 4.98 Å². The molecule has 6 heteroatoms. The molecule has 0 saturated heterocycles. The number of anilines is 1. The molecule has 2 rings (SSSR count). The van der Waals surface area contributed by atoms with Gasteiger partial charge in [-0.2, -0.15) is 0 Å². The Balaban J connectivity index is 2.52. The van der Waals surface area contributed by atoms with Crippen molar-refractivity contribution < 1.29 is 9.53 Å². The van der Waals surface area contributed by atoms with Crippen LogP contribution in [0.1, 0.15) is 20.8 Å². The normalized spacial score (nSPS) is 11.8. The van der Waals surface area contributed by atoms with E-state index in [1.807, 2.05) is 25.1 Å². The minimum atomic E-state index is -0.705. The molecule has 4 N–H and O–H groups in total. The molecule has 1 aromatic heterocycles. The first-order valence-electron chi connectivity index (χ1n) is 6.54. The Kier molecular flexibility index (Phi) is 3.57. The molecule has 0 radical (unpaired) electrons. The number of nitrogens with zero attached hydrogens (tertiary/aromatic N) is 2. The van der Waals surface area contributed by atoms with Gasteiger partial charge in [0.1, 0.15) is 11.3 Å². The lowest BCUT2D eigenvalue weighted by molar-refractivity contribution is -0.126. The fourth-order valence-electron chi connectivity index (χ4n) is 2.05. The minimum Gasteiger partial charge on any atom is -0.492 e. The summed E-state index contributed by atoms with van der Waals surface area (Å²) in [5.74, 6) is 0.661. The van der Waals surface area contributed by atoms with Crippen molar-refractivity contribution in [1.29, 1.82) is 0 Å². The Bertz CT molecular complexity index is 646. The zero-order valence-electron chi connectivity index (χ0n) is 12.0. The van der Waals surface area contributed by atoms with E-state index in [2.05, 4.69) is 4.98 Å². The molecule has 6 nitrogen and oxygen atoms in total. The number of hydrogen-bond acceptors (Lipinski definition) is 4. The highest BCUT2D eigenvalue weighted by Gasteiger charge is 2.27. The van der Waals surface area contributed by atoms with Crippen molar-refractivity contribution in [2.45, 2.75) is 27.3 Å². The maximum Gasteiger partial charge on any atom is 0.224 e. The number of primary amides is 1. The molecular formula is C14H20N4O2. The van der Waals surface area contributed by atoms with Gasteiger partial charge in [-0.1, -0.05) is 6.07 Å². The molecule has 0 saturated carbocycles. The lowest BCUT2D eigenvalue weighted by Crippen LogP contribution is -2.35. The van der Waals surface area contributed by atoms with Crippen molar-refractivity contribution >= 4 is 22.9 Å². The largest absolute Gasteiger partial charge is 0.492 e. The van der Waals surface area contributed by atoms with Crippen LogP contribution in [0.25, 0.3) is 11.0 Å². The first-order valence-corrected chi connectivity index (χ1v) is 6.54. The molecule has 2 aromatic rings. The Morgan fingerprint density at radius 1 is 1.45 bits per heavy atom. The SMILES string of the molecule is CCOc1cccc2c1nc(N)n2CC(C)(C)C(N)=O. The van der Waals surface area contributed by atoms with Crippen molar-refractivity contribution in [3.63, 3.8) is 0 Å². The van der Waals surface area contributed by atoms with Crippen LogP contribution in [0.3, 0.4) is 0 Å². The molecular weight excluding hydrogens is 256 g/mol. The second-order valence-corrected chi connectivity index (χ2v) is 5.36. The summed E-state index contributed by atoms with van der Waals surface area (Å²) < 4.78 is 7.34. The van der Waals surface area contributed by atoms with Gasteiger partial charge in [-0.15, -0.1) is 0 Å². The molecule has 1 heterocycles. The number of hydrogen-bond donors (Lipinski definition) is 2. The van der Waals surface area contributed by atoms with Crippen molar-refractivity contribution in [1.82, 2.24) is 9.55 Å². The van der Waals surface area contributed by atoms with Crippen LogP contribution in [-0.4, -0.2) is 22.1 Å². The first-order chi connectivity index (χ1) is 9.36. The van der Waals surface area contributed by atoms with E-state index < -0.39 is 5.41 Å². The van der Waals surface area contributed by atoms with Crippen LogP contribution in [0, 0.1) is 5.41 Å². The van der Waals surface area contributed by atoms with Gasteiger partial charge in [0, 0.05) is 6.54 Å². The molecule has 0 aliphatic heterocycles. The average molecular weight is 276 g/mol. The number of amides is 1. The zero-order chi connectivity index (χ0) is 14.9. The van der Waals surface area contributed by atoms with Crippen LogP contribution in [0.2, 0.25) is 0 Å². The number of nitrogens with two attached hydrogens (primary N) is 2. The number of nitrogen functional groups attached to an aromatic ring is 1. The fraction of sp³-hybridized carbons (Fsp3) is 0.429. The third-order valence-electron chi connectivity index (χ3n) is 3.29. The monoisotopic (exact) mass is 276 g/mol. The summed E-state index contributed by atoms with van der Waals surface area (Å²) in [5.41, 5.74) is 12.2. The Morgan fingerprint density at radius 2 is 2.15 bits per heavy atom. The molecule has 0 aliphatic carbocycles. The van der Waals surface area contributed by atoms with Gasteiger partial charge in [0.25, 0.3) is 0 Å². The number of carbonyl (C=O) groups excluding carboxylic acids is 1. The minimum absolute atomic E-state index is 0.349. The van der Waals surface area contributed by atoms with Crippen molar-refractivity contribution in [3.8, 4) is 5.75 Å². The van der Waals surface area contributed by atoms with E-state index in [9.17, 15) is 4.79 Å². The van der Waals surface area contributed by atoms with Crippen LogP contribution in [0.4, 0.5) is 5.95 Å². The lowest BCUT2D eigenvalue weighted by atomic mass is 9.92. The highest BCUT2D eigenvalue weighted by atomic mass is 16.5. The Labute approximate surface area is 117 Å². The summed E-state index contributed by atoms with van der Waals surface area (Å²) >= 11 is 0. The van der Waals surface area contributed by atoms with E-state index in [0.717, 1.165) is 5.52 Å². The third kappa shape index (κ3) is 2.41. The smallest absolute Gasteiger partial charge is 0.224 e. The molecule has 0 bridgehead atoms. The molecule has 1 aromatic carbocycles. The topological polar surface area (TPSA) is 96.2 Å². The lowest BCUT2D eigenvalue weighted by Gasteiger charge is -2.22. The number of fused-ring (bicyclic) bond motifs is 1. The number of rotatable bonds is 5. The fourth-order valence-corrected chi connectivity index (χ4v) is 2.05. The second kappa shape index (κ2) is 5.03. The maximum absolute atomic E-state index is 11.5. The van der Waals surface area contributed by atoms with E-state index in [0.29, 0.717) is 30.4 Å². The molecule has 108 valence electrons. The van der Waals surface area contributed by atoms with Crippen molar-refractivity contribution in [2.75, 3.05) is 12.3 Å². The standard InChI is InChI=1S/C14H20N4O2/c1-4-20-10-7-5-6-9-11(10)17-13(16)18(9)8-14(2,3)12(15)19/h5-7H,4,8H2,1-3H3,(H2,15,19)(H2,16,17). The highest BCUT2D eigenvalue weighted by molar-refractivity contribution is 5.85. The molecule has 0 fully saturated rings. The Hall–Kier alpha value is -2.24. The van der Waals surface area contributed by atoms with Crippen molar-refractivity contribution in [3.05, 3.63) is 18.2 Å². The summed E-state index contributed by atoms with van der Waals surface area (Å²) in [6.07, 6.45) is 0. The van der Waals surface area contributed by atoms with E-state index in [-0.39, 0.29) is 5.91 Å². The predicted octanol–water partition coefficient (Wildman–Crippen LogP) is 1.53. The summed E-state index contributed by atoms with van der Waals surface area (Å²) in [6, 6.07) is 5.63. The van der Waals surface area contributed by atoms with Gasteiger partial charge in [-0.3, -0.25) is 4.79 Å². The molecule has 1 amide bonds. The van der Waals surface area contributed by atoms with Gasteiger partial charge in [-0.05, 0) is 32.9 Å². The van der Waals surface area contributed by atoms with E-state index in [1.165, 1.54) is 0 Å². The summed E-state index contributed by atoms with van der Waals surface area (Å²) in [7, 11) is 0. The highest BCUT2D eigenvalue weighted by Crippen LogP contribution is 2.29. The summed E-state index contributed by atoms with van der Waals surface area (Å²) in [6.45, 7) is 6.41. The van der Waals surface area contributed by atoms with E-state index in [1.54, 1.807) is 18.4 Å². The van der Waals surface area contributed by atoms with Gasteiger partial charge in [0.15, 0.2) is 0 Å². The number of benzene rings is 1. The molecule has 0 atom stereocenters. The second-order valence-electron chi connectivity index (χ2n) is 5.36. The zero-order valence-corrected chi connectivity index (χ0v) is 12.0. The van der Waals surface area contributed by atoms with Gasteiger partial charge < -0.3 is 20.8 Å². The van der Waals surface area contributed by atoms with Crippen LogP contribution < -0.4 is 16.2 Å². The maximum atomic E-state index is 11.5. The van der Waals surface area contributed by atoms with Gasteiger partial charge >= 0.3 is 0 Å². The summed E-state index contributed by atoms with van der Waals surface area (Å²) in [5, 5.41) is 0. The molecule has 0 aliphatic rings. The number of carbonyl (C=O) groups is 1. The Morgan fingerprint density at radius 3 is 2.75 bits per heavy atom. The number of para-hydroxylation sites is 1. The van der Waals surface area contributed by atoms with E-state index >= 15 is 0 Å². The van der Waals surface area contributed by atoms with Crippen molar-refractivity contribution in [2.24, 2.45) is 11.1 Å². The predicted molar refractivity (Wildman–Crippen MR) is 78.3 cm³/mol. The van der Waals surface area contributed by atoms with Gasteiger partial charge in [0.05, 0.1) is 17.5 Å². The molecule has 20 heavy (non-hydrogen) atoms. The van der Waals surface area contributed by atoms with Crippen LogP contribution in [0.15, 0.2) is 18.2 Å². The van der Waals surface area contributed by atoms with Gasteiger partial charge in [0.2, 0.25) is 11.9 Å². The number of imidazole rings is 1. The number of ether oxygens (including phenoxy) is 1. The molecule has 0 spiro atoms. The first kappa shape index (κ1) is 14.2. The molecule has 0 unspecified atom stereocenters.